The lowest BCUT2D eigenvalue weighted by Gasteiger charge is -2.36. The van der Waals surface area contributed by atoms with Gasteiger partial charge in [-0.15, -0.1) is 0 Å². The maximum absolute atomic E-state index is 13.4. The monoisotopic (exact) mass is 508 g/mol. The van der Waals surface area contributed by atoms with Crippen LogP contribution in [-0.4, -0.2) is 42.0 Å². The van der Waals surface area contributed by atoms with Crippen LogP contribution in [0.1, 0.15) is 27.9 Å². The Kier molecular flexibility index (Phi) is 7.40. The Labute approximate surface area is 213 Å². The van der Waals surface area contributed by atoms with Crippen LogP contribution in [0.15, 0.2) is 60.7 Å². The summed E-state index contributed by atoms with van der Waals surface area (Å²) < 4.78 is 5.32. The molecule has 0 saturated carbocycles. The minimum absolute atomic E-state index is 0.133. The van der Waals surface area contributed by atoms with E-state index in [1.165, 1.54) is 25.3 Å². The van der Waals surface area contributed by atoms with Crippen LogP contribution < -0.4 is 15.0 Å². The summed E-state index contributed by atoms with van der Waals surface area (Å²) in [4.78, 5) is 40.6. The molecule has 0 atom stereocenters. The van der Waals surface area contributed by atoms with Gasteiger partial charge in [0.2, 0.25) is 0 Å². The predicted molar refractivity (Wildman–Crippen MR) is 138 cm³/mol. The summed E-state index contributed by atoms with van der Waals surface area (Å²) in [5.41, 5.74) is 2.23. The summed E-state index contributed by atoms with van der Waals surface area (Å²) in [6.07, 6.45) is 0.732. The smallest absolute Gasteiger partial charge is 0.324 e. The van der Waals surface area contributed by atoms with E-state index < -0.39 is 10.8 Å². The number of carbonyl (C=O) groups is 2. The molecule has 186 valence electrons. The van der Waals surface area contributed by atoms with Gasteiger partial charge in [-0.05, 0) is 49.2 Å². The summed E-state index contributed by atoms with van der Waals surface area (Å²) in [6, 6.07) is 16.5. The van der Waals surface area contributed by atoms with Gasteiger partial charge in [0.25, 0.3) is 11.6 Å². The third kappa shape index (κ3) is 5.41. The summed E-state index contributed by atoms with van der Waals surface area (Å²) >= 11 is 6.10. The molecular weight excluding hydrogens is 484 g/mol. The maximum Gasteiger partial charge on any atom is 0.324 e. The maximum atomic E-state index is 13.4. The van der Waals surface area contributed by atoms with Crippen LogP contribution in [0.2, 0.25) is 5.02 Å². The predicted octanol–water partition coefficient (Wildman–Crippen LogP) is 5.65. The molecule has 1 heterocycles. The van der Waals surface area contributed by atoms with Crippen molar-refractivity contribution in [3.8, 4) is 5.75 Å². The number of methoxy groups -OCH3 is 1. The number of amides is 3. The highest BCUT2D eigenvalue weighted by molar-refractivity contribution is 6.30. The number of nitro benzene ring substituents is 1. The average Bonchev–Trinajstić information content (AvgIpc) is 2.85. The average molecular weight is 509 g/mol. The highest BCUT2D eigenvalue weighted by Crippen LogP contribution is 2.33. The Hall–Kier alpha value is -4.11. The van der Waals surface area contributed by atoms with Crippen molar-refractivity contribution >= 4 is 40.6 Å². The molecular formula is C26H25ClN4O5. The van der Waals surface area contributed by atoms with Crippen molar-refractivity contribution in [2.24, 2.45) is 0 Å². The second kappa shape index (κ2) is 10.7. The summed E-state index contributed by atoms with van der Waals surface area (Å²) in [5.74, 6) is -0.0444. The second-order valence-corrected chi connectivity index (χ2v) is 8.87. The number of rotatable bonds is 7. The fourth-order valence-corrected chi connectivity index (χ4v) is 4.34. The highest BCUT2D eigenvalue weighted by atomic mass is 35.5. The molecule has 1 aliphatic rings. The number of halogens is 1. The third-order valence-corrected chi connectivity index (χ3v) is 6.22. The van der Waals surface area contributed by atoms with Gasteiger partial charge in [-0.1, -0.05) is 29.8 Å². The van der Waals surface area contributed by atoms with Crippen LogP contribution in [0.25, 0.3) is 0 Å². The van der Waals surface area contributed by atoms with Crippen LogP contribution >= 0.6 is 11.6 Å². The zero-order chi connectivity index (χ0) is 25.8. The van der Waals surface area contributed by atoms with E-state index in [0.717, 1.165) is 12.0 Å². The number of carbonyl (C=O) groups excluding carboxylic acids is 2. The molecule has 1 aliphatic heterocycles. The van der Waals surface area contributed by atoms with Gasteiger partial charge in [0.15, 0.2) is 0 Å². The Morgan fingerprint density at radius 3 is 2.67 bits per heavy atom. The summed E-state index contributed by atoms with van der Waals surface area (Å²) in [5, 5.41) is 14.7. The number of hydrogen-bond acceptors (Lipinski definition) is 5. The van der Waals surface area contributed by atoms with Crippen molar-refractivity contribution in [1.29, 1.82) is 0 Å². The van der Waals surface area contributed by atoms with Crippen molar-refractivity contribution in [3.63, 3.8) is 0 Å². The van der Waals surface area contributed by atoms with Crippen LogP contribution in [0.3, 0.4) is 0 Å². The number of nitrogens with zero attached hydrogens (tertiary/aromatic N) is 3. The summed E-state index contributed by atoms with van der Waals surface area (Å²) in [7, 11) is 1.50. The molecule has 1 fully saturated rings. The van der Waals surface area contributed by atoms with Crippen LogP contribution in [0.5, 0.6) is 5.75 Å². The lowest BCUT2D eigenvalue weighted by Crippen LogP contribution is -2.49. The van der Waals surface area contributed by atoms with E-state index in [0.29, 0.717) is 47.3 Å². The van der Waals surface area contributed by atoms with Gasteiger partial charge >= 0.3 is 6.03 Å². The largest absolute Gasteiger partial charge is 0.497 e. The highest BCUT2D eigenvalue weighted by Gasteiger charge is 2.29. The Bertz CT molecular complexity index is 1330. The van der Waals surface area contributed by atoms with Gasteiger partial charge in [-0.2, -0.15) is 0 Å². The minimum atomic E-state index is -0.534. The molecule has 0 spiro atoms. The Morgan fingerprint density at radius 1 is 1.14 bits per heavy atom. The molecule has 3 amide bonds. The van der Waals surface area contributed by atoms with E-state index in [-0.39, 0.29) is 17.3 Å². The number of benzene rings is 3. The Morgan fingerprint density at radius 2 is 1.94 bits per heavy atom. The van der Waals surface area contributed by atoms with Crippen LogP contribution in [0, 0.1) is 17.0 Å². The fraction of sp³-hybridized carbons (Fsp3) is 0.231. The van der Waals surface area contributed by atoms with Crippen molar-refractivity contribution in [2.75, 3.05) is 30.4 Å². The van der Waals surface area contributed by atoms with Gasteiger partial charge in [0.1, 0.15) is 5.75 Å². The molecule has 3 aromatic rings. The van der Waals surface area contributed by atoms with Gasteiger partial charge < -0.3 is 15.0 Å². The molecule has 0 bridgehead atoms. The van der Waals surface area contributed by atoms with Crippen molar-refractivity contribution in [2.45, 2.75) is 19.9 Å². The van der Waals surface area contributed by atoms with Crippen LogP contribution in [-0.2, 0) is 6.54 Å². The number of urea groups is 1. The van der Waals surface area contributed by atoms with E-state index in [1.54, 1.807) is 41.0 Å². The molecule has 4 rings (SSSR count). The fourth-order valence-electron chi connectivity index (χ4n) is 4.13. The summed E-state index contributed by atoms with van der Waals surface area (Å²) in [6.45, 7) is 3.07. The van der Waals surface area contributed by atoms with Gasteiger partial charge in [-0.25, -0.2) is 4.79 Å². The molecule has 0 unspecified atom stereocenters. The molecule has 36 heavy (non-hydrogen) atoms. The van der Waals surface area contributed by atoms with E-state index in [1.807, 2.05) is 18.2 Å². The second-order valence-electron chi connectivity index (χ2n) is 8.43. The van der Waals surface area contributed by atoms with Gasteiger partial charge in [-0.3, -0.25) is 19.8 Å². The minimum Gasteiger partial charge on any atom is -0.497 e. The topological polar surface area (TPSA) is 105 Å². The molecule has 0 radical (unpaired) electrons. The SMILES string of the molecule is COc1ccc(N2CCCN(Cc3cccc(Cl)c3)C2=O)c(NC(=O)c2ccc(C)c([N+](=O)[O-])c2)c1. The quantitative estimate of drug-likeness (QED) is 0.328. The number of aryl methyl sites for hydroxylation is 1. The van der Waals surface area contributed by atoms with E-state index >= 15 is 0 Å². The first-order chi connectivity index (χ1) is 17.3. The lowest BCUT2D eigenvalue weighted by atomic mass is 10.1. The molecule has 9 nitrogen and oxygen atoms in total. The number of hydrogen-bond donors (Lipinski definition) is 1. The standard InChI is InChI=1S/C26H25ClN4O5/c1-17-7-8-19(14-24(17)31(34)35)25(32)28-22-15-21(36-2)9-10-23(22)30-12-4-11-29(26(30)33)16-18-5-3-6-20(27)13-18/h3,5-10,13-15H,4,11-12,16H2,1-2H3,(H,28,32). The van der Waals surface area contributed by atoms with Gasteiger partial charge in [0, 0.05) is 47.9 Å². The lowest BCUT2D eigenvalue weighted by molar-refractivity contribution is -0.385. The van der Waals surface area contributed by atoms with Gasteiger partial charge in [0.05, 0.1) is 23.4 Å². The molecule has 1 N–H and O–H groups in total. The molecule has 1 saturated heterocycles. The first-order valence-corrected chi connectivity index (χ1v) is 11.7. The number of nitrogens with one attached hydrogen (secondary N) is 1. The van der Waals surface area contributed by atoms with Crippen molar-refractivity contribution in [3.05, 3.63) is 92.5 Å². The third-order valence-electron chi connectivity index (χ3n) is 5.98. The molecule has 0 aromatic heterocycles. The van der Waals surface area contributed by atoms with E-state index in [2.05, 4.69) is 5.32 Å². The zero-order valence-corrected chi connectivity index (χ0v) is 20.6. The van der Waals surface area contributed by atoms with E-state index in [4.69, 9.17) is 16.3 Å². The first kappa shape index (κ1) is 25.0. The number of nitro groups is 1. The number of anilines is 2. The Balaban J connectivity index is 1.62. The number of ether oxygens (including phenoxy) is 1. The molecule has 10 heteroatoms. The van der Waals surface area contributed by atoms with Crippen LogP contribution in [0.4, 0.5) is 21.9 Å². The molecule has 3 aromatic carbocycles. The first-order valence-electron chi connectivity index (χ1n) is 11.3. The van der Waals surface area contributed by atoms with E-state index in [9.17, 15) is 19.7 Å². The zero-order valence-electron chi connectivity index (χ0n) is 19.9. The van der Waals surface area contributed by atoms with Crippen molar-refractivity contribution < 1.29 is 19.2 Å². The van der Waals surface area contributed by atoms with Crippen molar-refractivity contribution in [1.82, 2.24) is 4.90 Å². The normalized spacial score (nSPS) is 13.5. The molecule has 0 aliphatic carbocycles.